The summed E-state index contributed by atoms with van der Waals surface area (Å²) in [7, 11) is 0. The topological polar surface area (TPSA) is 42.7 Å². The molecule has 4 nitrogen and oxygen atoms in total. The van der Waals surface area contributed by atoms with Crippen LogP contribution < -0.4 is 5.32 Å². The van der Waals surface area contributed by atoms with Crippen molar-refractivity contribution in [1.82, 2.24) is 20.1 Å². The Morgan fingerprint density at radius 3 is 2.78 bits per heavy atom. The fourth-order valence-electron chi connectivity index (χ4n) is 2.69. The van der Waals surface area contributed by atoms with Gasteiger partial charge < -0.3 is 9.88 Å². The predicted octanol–water partition coefficient (Wildman–Crippen LogP) is 2.85. The van der Waals surface area contributed by atoms with Gasteiger partial charge in [-0.1, -0.05) is 39.5 Å². The second-order valence-electron chi connectivity index (χ2n) is 5.21. The predicted molar refractivity (Wildman–Crippen MR) is 73.5 cm³/mol. The third-order valence-corrected chi connectivity index (χ3v) is 3.81. The lowest BCUT2D eigenvalue weighted by Gasteiger charge is -2.24. The van der Waals surface area contributed by atoms with Gasteiger partial charge in [-0.15, -0.1) is 10.2 Å². The van der Waals surface area contributed by atoms with Gasteiger partial charge in [0.25, 0.3) is 0 Å². The molecule has 0 bridgehead atoms. The Morgan fingerprint density at radius 2 is 2.00 bits per heavy atom. The molecule has 0 amide bonds. The number of nitrogens with zero attached hydrogens (tertiary/aromatic N) is 3. The lowest BCUT2D eigenvalue weighted by atomic mass is 10.1. The molecule has 1 unspecified atom stereocenters. The fourth-order valence-corrected chi connectivity index (χ4v) is 2.69. The molecule has 2 heterocycles. The maximum absolute atomic E-state index is 4.39. The third kappa shape index (κ3) is 3.10. The van der Waals surface area contributed by atoms with Gasteiger partial charge in [0, 0.05) is 19.5 Å². The van der Waals surface area contributed by atoms with Gasteiger partial charge >= 0.3 is 0 Å². The minimum atomic E-state index is 0.403. The van der Waals surface area contributed by atoms with Crippen molar-refractivity contribution in [2.75, 3.05) is 6.54 Å². The van der Waals surface area contributed by atoms with Crippen LogP contribution in [0.3, 0.4) is 0 Å². The average Bonchev–Trinajstić information content (AvgIpc) is 2.82. The minimum Gasteiger partial charge on any atom is -0.312 e. The monoisotopic (exact) mass is 250 g/mol. The maximum atomic E-state index is 4.39. The van der Waals surface area contributed by atoms with Crippen LogP contribution in [0, 0.1) is 0 Å². The van der Waals surface area contributed by atoms with E-state index in [1.807, 2.05) is 0 Å². The van der Waals surface area contributed by atoms with Crippen molar-refractivity contribution in [3.63, 3.8) is 0 Å². The van der Waals surface area contributed by atoms with Gasteiger partial charge in [0.15, 0.2) is 0 Å². The standard InChI is InChI=1S/C14H26N4/c1-3-5-6-7-8-9-13-16-17-14-12(4-2)15-10-11-18(13)14/h12,15H,3-11H2,1-2H3. The number of hydrogen-bond donors (Lipinski definition) is 1. The van der Waals surface area contributed by atoms with E-state index in [9.17, 15) is 0 Å². The van der Waals surface area contributed by atoms with Crippen molar-refractivity contribution < 1.29 is 0 Å². The van der Waals surface area contributed by atoms with Gasteiger partial charge in [-0.2, -0.15) is 0 Å². The molecular formula is C14H26N4. The number of aryl methyl sites for hydroxylation is 1. The quantitative estimate of drug-likeness (QED) is 0.757. The molecule has 0 saturated heterocycles. The molecule has 0 spiro atoms. The van der Waals surface area contributed by atoms with Crippen LogP contribution in [0.25, 0.3) is 0 Å². The molecule has 0 fully saturated rings. The first-order chi connectivity index (χ1) is 8.86. The minimum absolute atomic E-state index is 0.403. The largest absolute Gasteiger partial charge is 0.312 e. The molecule has 0 radical (unpaired) electrons. The summed E-state index contributed by atoms with van der Waals surface area (Å²) in [6.45, 7) is 6.54. The Bertz CT molecular complexity index is 359. The lowest BCUT2D eigenvalue weighted by Crippen LogP contribution is -2.33. The van der Waals surface area contributed by atoms with Crippen molar-refractivity contribution in [1.29, 1.82) is 0 Å². The van der Waals surface area contributed by atoms with Crippen molar-refractivity contribution >= 4 is 0 Å². The molecule has 4 heteroatoms. The first kappa shape index (κ1) is 13.5. The first-order valence-corrected chi connectivity index (χ1v) is 7.52. The number of aromatic nitrogens is 3. The van der Waals surface area contributed by atoms with Crippen LogP contribution in [-0.2, 0) is 13.0 Å². The van der Waals surface area contributed by atoms with E-state index in [2.05, 4.69) is 33.9 Å². The van der Waals surface area contributed by atoms with Crippen LogP contribution in [0.4, 0.5) is 0 Å². The summed E-state index contributed by atoms with van der Waals surface area (Å²) in [4.78, 5) is 0. The number of hydrogen-bond acceptors (Lipinski definition) is 3. The van der Waals surface area contributed by atoms with Crippen LogP contribution in [0.2, 0.25) is 0 Å². The van der Waals surface area contributed by atoms with E-state index in [0.717, 1.165) is 31.8 Å². The molecule has 0 saturated carbocycles. The van der Waals surface area contributed by atoms with Crippen molar-refractivity contribution in [2.24, 2.45) is 0 Å². The summed E-state index contributed by atoms with van der Waals surface area (Å²) in [6.07, 6.45) is 8.79. The van der Waals surface area contributed by atoms with Gasteiger partial charge in [0.2, 0.25) is 0 Å². The maximum Gasteiger partial charge on any atom is 0.150 e. The molecule has 1 N–H and O–H groups in total. The van der Waals surface area contributed by atoms with E-state index in [-0.39, 0.29) is 0 Å². The molecule has 0 aliphatic carbocycles. The summed E-state index contributed by atoms with van der Waals surface area (Å²) < 4.78 is 2.34. The number of rotatable bonds is 7. The highest BCUT2D eigenvalue weighted by atomic mass is 15.3. The van der Waals surface area contributed by atoms with Gasteiger partial charge in [-0.05, 0) is 12.8 Å². The molecule has 2 rings (SSSR count). The summed E-state index contributed by atoms with van der Waals surface area (Å²) >= 11 is 0. The van der Waals surface area contributed by atoms with Gasteiger partial charge in [-0.3, -0.25) is 0 Å². The zero-order valence-corrected chi connectivity index (χ0v) is 11.8. The number of fused-ring (bicyclic) bond motifs is 1. The van der Waals surface area contributed by atoms with Crippen LogP contribution >= 0.6 is 0 Å². The highest BCUT2D eigenvalue weighted by Gasteiger charge is 2.22. The molecule has 0 aromatic carbocycles. The second kappa shape index (κ2) is 6.88. The molecule has 1 aromatic heterocycles. The van der Waals surface area contributed by atoms with E-state index in [1.54, 1.807) is 0 Å². The number of nitrogens with one attached hydrogen (secondary N) is 1. The zero-order valence-electron chi connectivity index (χ0n) is 11.8. The van der Waals surface area contributed by atoms with E-state index < -0.39 is 0 Å². The van der Waals surface area contributed by atoms with Crippen LogP contribution in [-0.4, -0.2) is 21.3 Å². The SMILES string of the molecule is CCCCCCCc1nnc2n1CCNC2CC. The summed E-state index contributed by atoms with van der Waals surface area (Å²) in [5, 5.41) is 12.3. The highest BCUT2D eigenvalue weighted by Crippen LogP contribution is 2.20. The first-order valence-electron chi connectivity index (χ1n) is 7.52. The Labute approximate surface area is 110 Å². The Hall–Kier alpha value is -0.900. The molecule has 1 aliphatic heterocycles. The lowest BCUT2D eigenvalue weighted by molar-refractivity contribution is 0.399. The van der Waals surface area contributed by atoms with E-state index in [1.165, 1.54) is 37.9 Å². The molecule has 102 valence electrons. The van der Waals surface area contributed by atoms with Crippen LogP contribution in [0.1, 0.15) is 70.1 Å². The van der Waals surface area contributed by atoms with Crippen LogP contribution in [0.5, 0.6) is 0 Å². The molecular weight excluding hydrogens is 224 g/mol. The number of unbranched alkanes of at least 4 members (excludes halogenated alkanes) is 4. The van der Waals surface area contributed by atoms with Crippen LogP contribution in [0.15, 0.2) is 0 Å². The zero-order chi connectivity index (χ0) is 12.8. The van der Waals surface area contributed by atoms with Gasteiger partial charge in [0.05, 0.1) is 6.04 Å². The molecule has 1 aromatic rings. The molecule has 18 heavy (non-hydrogen) atoms. The molecule has 1 aliphatic rings. The summed E-state index contributed by atoms with van der Waals surface area (Å²) in [6, 6.07) is 0.403. The average molecular weight is 250 g/mol. The van der Waals surface area contributed by atoms with E-state index in [4.69, 9.17) is 0 Å². The summed E-state index contributed by atoms with van der Waals surface area (Å²) in [5.74, 6) is 2.34. The molecule has 1 atom stereocenters. The fraction of sp³-hybridized carbons (Fsp3) is 0.857. The second-order valence-corrected chi connectivity index (χ2v) is 5.21. The Kier molecular flexibility index (Phi) is 5.17. The van der Waals surface area contributed by atoms with Gasteiger partial charge in [0.1, 0.15) is 11.6 Å². The normalized spacial score (nSPS) is 18.9. The van der Waals surface area contributed by atoms with Gasteiger partial charge in [-0.25, -0.2) is 0 Å². The Balaban J connectivity index is 1.88. The van der Waals surface area contributed by atoms with E-state index >= 15 is 0 Å². The Morgan fingerprint density at radius 1 is 1.17 bits per heavy atom. The van der Waals surface area contributed by atoms with Crippen molar-refractivity contribution in [2.45, 2.75) is 71.4 Å². The van der Waals surface area contributed by atoms with Crippen molar-refractivity contribution in [3.8, 4) is 0 Å². The van der Waals surface area contributed by atoms with E-state index in [0.29, 0.717) is 6.04 Å². The third-order valence-electron chi connectivity index (χ3n) is 3.81. The van der Waals surface area contributed by atoms with Crippen molar-refractivity contribution in [3.05, 3.63) is 11.6 Å². The smallest absolute Gasteiger partial charge is 0.150 e. The summed E-state index contributed by atoms with van der Waals surface area (Å²) in [5.41, 5.74) is 0. The highest BCUT2D eigenvalue weighted by molar-refractivity contribution is 5.04.